The van der Waals surface area contributed by atoms with Crippen LogP contribution in [0.4, 0.5) is 0 Å². The Labute approximate surface area is 89.7 Å². The van der Waals surface area contributed by atoms with Gasteiger partial charge >= 0.3 is 0 Å². The molecule has 0 atom stereocenters. The molecule has 2 aromatic rings. The summed E-state index contributed by atoms with van der Waals surface area (Å²) in [4.78, 5) is 0. The number of fused-ring (bicyclic) bond motifs is 1. The Morgan fingerprint density at radius 1 is 1.07 bits per heavy atom. The second kappa shape index (κ2) is 4.28. The minimum Gasteiger partial charge on any atom is -0.396 e. The lowest BCUT2D eigenvalue weighted by molar-refractivity contribution is 0.300. The molecule has 0 saturated heterocycles. The van der Waals surface area contributed by atoms with Crippen LogP contribution in [0.15, 0.2) is 43.0 Å². The van der Waals surface area contributed by atoms with Crippen molar-refractivity contribution in [2.24, 2.45) is 0 Å². The van der Waals surface area contributed by atoms with Gasteiger partial charge in [0.1, 0.15) is 0 Å². The molecule has 0 fully saturated rings. The van der Waals surface area contributed by atoms with Crippen molar-refractivity contribution in [2.45, 2.75) is 6.42 Å². The van der Waals surface area contributed by atoms with Gasteiger partial charge in [0.05, 0.1) is 0 Å². The molecule has 1 heteroatoms. The number of aliphatic hydroxyl groups is 1. The van der Waals surface area contributed by atoms with Crippen molar-refractivity contribution in [1.29, 1.82) is 0 Å². The van der Waals surface area contributed by atoms with Gasteiger partial charge < -0.3 is 5.11 Å². The van der Waals surface area contributed by atoms with Crippen LogP contribution in [0, 0.1) is 0 Å². The Hall–Kier alpha value is -1.60. The van der Waals surface area contributed by atoms with E-state index in [-0.39, 0.29) is 6.61 Å². The molecule has 76 valence electrons. The molecule has 0 radical (unpaired) electrons. The lowest BCUT2D eigenvalue weighted by atomic mass is 9.98. The average Bonchev–Trinajstić information content (AvgIpc) is 2.30. The quantitative estimate of drug-likeness (QED) is 0.803. The zero-order valence-corrected chi connectivity index (χ0v) is 8.61. The number of aliphatic hydroxyl groups excluding tert-OH is 1. The highest BCUT2D eigenvalue weighted by Crippen LogP contribution is 2.23. The lowest BCUT2D eigenvalue weighted by Gasteiger charge is -2.07. The third-order valence-corrected chi connectivity index (χ3v) is 2.65. The second-order valence-corrected chi connectivity index (χ2v) is 3.54. The summed E-state index contributed by atoms with van der Waals surface area (Å²) in [6, 6.07) is 12.4. The SMILES string of the molecule is C=Cc1ccc(CCO)c2ccccc12. The van der Waals surface area contributed by atoms with Gasteiger partial charge in [-0.1, -0.05) is 49.1 Å². The molecule has 0 spiro atoms. The molecule has 1 N–H and O–H groups in total. The average molecular weight is 198 g/mol. The highest BCUT2D eigenvalue weighted by Gasteiger charge is 2.02. The molecule has 0 aliphatic carbocycles. The predicted octanol–water partition coefficient (Wildman–Crippen LogP) is 3.02. The Kier molecular flexibility index (Phi) is 2.84. The van der Waals surface area contributed by atoms with Crippen LogP contribution in [-0.4, -0.2) is 11.7 Å². The maximum atomic E-state index is 8.99. The van der Waals surface area contributed by atoms with Crippen LogP contribution in [0.1, 0.15) is 11.1 Å². The van der Waals surface area contributed by atoms with Crippen molar-refractivity contribution >= 4 is 16.8 Å². The van der Waals surface area contributed by atoms with E-state index < -0.39 is 0 Å². The fourth-order valence-corrected chi connectivity index (χ4v) is 1.90. The summed E-state index contributed by atoms with van der Waals surface area (Å²) in [6.45, 7) is 4.00. The van der Waals surface area contributed by atoms with Gasteiger partial charge in [0.2, 0.25) is 0 Å². The molecule has 0 bridgehead atoms. The van der Waals surface area contributed by atoms with Gasteiger partial charge in [0.25, 0.3) is 0 Å². The number of hydrogen-bond acceptors (Lipinski definition) is 1. The molecular formula is C14H14O. The van der Waals surface area contributed by atoms with Gasteiger partial charge in [-0.25, -0.2) is 0 Å². The van der Waals surface area contributed by atoms with E-state index >= 15 is 0 Å². The van der Waals surface area contributed by atoms with E-state index in [4.69, 9.17) is 5.11 Å². The first kappa shape index (κ1) is 9.94. The molecular weight excluding hydrogens is 184 g/mol. The monoisotopic (exact) mass is 198 g/mol. The van der Waals surface area contributed by atoms with Crippen LogP contribution in [0.25, 0.3) is 16.8 Å². The van der Waals surface area contributed by atoms with E-state index in [1.807, 2.05) is 18.2 Å². The second-order valence-electron chi connectivity index (χ2n) is 3.54. The maximum Gasteiger partial charge on any atom is 0.0471 e. The van der Waals surface area contributed by atoms with Crippen molar-refractivity contribution in [3.63, 3.8) is 0 Å². The molecule has 0 heterocycles. The fourth-order valence-electron chi connectivity index (χ4n) is 1.90. The summed E-state index contributed by atoms with van der Waals surface area (Å²) in [5.41, 5.74) is 2.34. The smallest absolute Gasteiger partial charge is 0.0471 e. The van der Waals surface area contributed by atoms with Gasteiger partial charge in [-0.2, -0.15) is 0 Å². The van der Waals surface area contributed by atoms with Crippen LogP contribution in [-0.2, 0) is 6.42 Å². The molecule has 0 aliphatic rings. The molecule has 2 aromatic carbocycles. The topological polar surface area (TPSA) is 20.2 Å². The zero-order valence-electron chi connectivity index (χ0n) is 8.61. The van der Waals surface area contributed by atoms with Gasteiger partial charge in [0.15, 0.2) is 0 Å². The molecule has 15 heavy (non-hydrogen) atoms. The first-order chi connectivity index (χ1) is 7.36. The highest BCUT2D eigenvalue weighted by atomic mass is 16.2. The van der Waals surface area contributed by atoms with Crippen molar-refractivity contribution in [1.82, 2.24) is 0 Å². The van der Waals surface area contributed by atoms with Gasteiger partial charge in [-0.15, -0.1) is 0 Å². The Bertz CT molecular complexity index is 486. The van der Waals surface area contributed by atoms with E-state index in [0.717, 1.165) is 5.56 Å². The number of benzene rings is 2. The normalized spacial score (nSPS) is 10.5. The molecule has 1 nitrogen and oxygen atoms in total. The summed E-state index contributed by atoms with van der Waals surface area (Å²) in [7, 11) is 0. The van der Waals surface area contributed by atoms with Crippen LogP contribution >= 0.6 is 0 Å². The van der Waals surface area contributed by atoms with E-state index in [0.29, 0.717) is 6.42 Å². The summed E-state index contributed by atoms with van der Waals surface area (Å²) in [6.07, 6.45) is 2.57. The van der Waals surface area contributed by atoms with Crippen molar-refractivity contribution < 1.29 is 5.11 Å². The van der Waals surface area contributed by atoms with E-state index in [1.54, 1.807) is 0 Å². The third kappa shape index (κ3) is 1.79. The molecule has 0 saturated carbocycles. The minimum absolute atomic E-state index is 0.192. The number of hydrogen-bond donors (Lipinski definition) is 1. The Morgan fingerprint density at radius 3 is 2.47 bits per heavy atom. The first-order valence-electron chi connectivity index (χ1n) is 5.10. The molecule has 0 amide bonds. The van der Waals surface area contributed by atoms with E-state index in [1.165, 1.54) is 16.3 Å². The molecule has 0 aromatic heterocycles. The number of rotatable bonds is 3. The van der Waals surface area contributed by atoms with Crippen LogP contribution in [0.3, 0.4) is 0 Å². The Morgan fingerprint density at radius 2 is 1.80 bits per heavy atom. The fraction of sp³-hybridized carbons (Fsp3) is 0.143. The van der Waals surface area contributed by atoms with Gasteiger partial charge in [0, 0.05) is 6.61 Å². The minimum atomic E-state index is 0.192. The van der Waals surface area contributed by atoms with Crippen LogP contribution in [0.2, 0.25) is 0 Å². The summed E-state index contributed by atoms with van der Waals surface area (Å²) >= 11 is 0. The summed E-state index contributed by atoms with van der Waals surface area (Å²) in [5, 5.41) is 11.4. The standard InChI is InChI=1S/C14H14O/c1-2-11-7-8-12(9-10-15)14-6-4-3-5-13(11)14/h2-8,15H,1,9-10H2. The highest BCUT2D eigenvalue weighted by molar-refractivity contribution is 5.92. The summed E-state index contributed by atoms with van der Waals surface area (Å²) in [5.74, 6) is 0. The largest absolute Gasteiger partial charge is 0.396 e. The van der Waals surface area contributed by atoms with Gasteiger partial charge in [-0.05, 0) is 28.3 Å². The third-order valence-electron chi connectivity index (χ3n) is 2.65. The predicted molar refractivity (Wildman–Crippen MR) is 64.8 cm³/mol. The molecule has 0 unspecified atom stereocenters. The molecule has 2 rings (SSSR count). The van der Waals surface area contributed by atoms with E-state index in [2.05, 4.69) is 30.8 Å². The van der Waals surface area contributed by atoms with Crippen molar-refractivity contribution in [3.05, 3.63) is 54.1 Å². The zero-order chi connectivity index (χ0) is 10.7. The molecule has 0 aliphatic heterocycles. The maximum absolute atomic E-state index is 8.99. The van der Waals surface area contributed by atoms with Crippen LogP contribution < -0.4 is 0 Å². The van der Waals surface area contributed by atoms with Crippen LogP contribution in [0.5, 0.6) is 0 Å². The lowest BCUT2D eigenvalue weighted by Crippen LogP contribution is -1.92. The van der Waals surface area contributed by atoms with E-state index in [9.17, 15) is 0 Å². The first-order valence-corrected chi connectivity index (χ1v) is 5.10. The Balaban J connectivity index is 2.71. The van der Waals surface area contributed by atoms with Gasteiger partial charge in [-0.3, -0.25) is 0 Å². The van der Waals surface area contributed by atoms with Crippen molar-refractivity contribution in [2.75, 3.05) is 6.61 Å². The van der Waals surface area contributed by atoms with Crippen molar-refractivity contribution in [3.8, 4) is 0 Å². The summed E-state index contributed by atoms with van der Waals surface area (Å²) < 4.78 is 0.